The van der Waals surface area contributed by atoms with Crippen LogP contribution in [0.1, 0.15) is 45.7 Å². The van der Waals surface area contributed by atoms with Crippen LogP contribution in [0.2, 0.25) is 19.6 Å². The van der Waals surface area contributed by atoms with Crippen molar-refractivity contribution in [1.82, 2.24) is 15.0 Å². The first kappa shape index (κ1) is 37.0. The molecule has 50 heavy (non-hydrogen) atoms. The Morgan fingerprint density at radius 3 is 2.18 bits per heavy atom. The van der Waals surface area contributed by atoms with Gasteiger partial charge in [-0.1, -0.05) is 108 Å². The topological polar surface area (TPSA) is 51.8 Å². The van der Waals surface area contributed by atoms with Crippen LogP contribution in [0, 0.1) is 18.1 Å². The van der Waals surface area contributed by atoms with E-state index >= 15 is 0 Å². The molecule has 0 fully saturated rings. The van der Waals surface area contributed by atoms with Gasteiger partial charge in [0, 0.05) is 43.4 Å². The third kappa shape index (κ3) is 8.55. The average Bonchev–Trinajstić information content (AvgIpc) is 3.45. The maximum Gasteiger partial charge on any atom is 0.216 e. The van der Waals surface area contributed by atoms with Crippen molar-refractivity contribution < 1.29 is 24.5 Å². The van der Waals surface area contributed by atoms with Gasteiger partial charge >= 0.3 is 0 Å². The molecule has 0 saturated carbocycles. The van der Waals surface area contributed by atoms with Gasteiger partial charge in [0.1, 0.15) is 0 Å². The molecule has 3 aromatic carbocycles. The van der Waals surface area contributed by atoms with E-state index in [1.165, 1.54) is 16.3 Å². The van der Waals surface area contributed by atoms with Gasteiger partial charge in [-0.25, -0.2) is 4.98 Å². The molecule has 7 aromatic rings. The molecule has 0 amide bonds. The number of nitrogens with zero attached hydrogens (tertiary/aromatic N) is 3. The van der Waals surface area contributed by atoms with E-state index < -0.39 is 8.07 Å². The maximum absolute atomic E-state index is 6.02. The number of benzene rings is 3. The van der Waals surface area contributed by atoms with Crippen molar-refractivity contribution in [2.24, 2.45) is 5.92 Å². The third-order valence-electron chi connectivity index (χ3n) is 8.65. The van der Waals surface area contributed by atoms with Gasteiger partial charge in [0.05, 0.1) is 19.4 Å². The molecule has 0 N–H and O–H groups in total. The van der Waals surface area contributed by atoms with Crippen LogP contribution in [0.5, 0.6) is 0 Å². The summed E-state index contributed by atoms with van der Waals surface area (Å²) in [4.78, 5) is 14.0. The van der Waals surface area contributed by atoms with Crippen molar-refractivity contribution in [2.45, 2.75) is 66.1 Å². The number of hydrogen-bond acceptors (Lipinski definition) is 4. The summed E-state index contributed by atoms with van der Waals surface area (Å²) >= 11 is 0. The second kappa shape index (κ2) is 15.3. The second-order valence-electron chi connectivity index (χ2n) is 15.2. The normalized spacial score (nSPS) is 11.7. The predicted octanol–water partition coefficient (Wildman–Crippen LogP) is 11.1. The quantitative estimate of drug-likeness (QED) is 0.124. The summed E-state index contributed by atoms with van der Waals surface area (Å²) in [5, 5.41) is 3.52. The molecular weight excluding hydrogens is 807 g/mol. The van der Waals surface area contributed by atoms with E-state index in [4.69, 9.17) is 9.40 Å². The molecule has 0 atom stereocenters. The van der Waals surface area contributed by atoms with Gasteiger partial charge < -0.3 is 14.4 Å². The zero-order valence-corrected chi connectivity index (χ0v) is 33.7. The van der Waals surface area contributed by atoms with Gasteiger partial charge in [0.2, 0.25) is 5.71 Å². The molecule has 0 bridgehead atoms. The standard InChI is InChI=1S/C26H21N2O.C18H24NSi.Ir/c1-26(2,3)19-13-14-27-23(16-19)18-9-12-24-21(15-18)20-10-11-22(28-25(20)29-24)17-7-5-4-6-8-17;1-14(2)11-16-12-17(15-9-7-6-8-10-15)19-13-18(16)20(3,4)5;/h4-8,10-16H,1-3H3;6-9,12-14H,11H2,1-5H3;/q2*-1;. The summed E-state index contributed by atoms with van der Waals surface area (Å²) in [6.45, 7) is 18.4. The molecule has 7 rings (SSSR count). The van der Waals surface area contributed by atoms with Crippen molar-refractivity contribution in [2.75, 3.05) is 0 Å². The Morgan fingerprint density at radius 1 is 0.760 bits per heavy atom. The first-order valence-electron chi connectivity index (χ1n) is 17.1. The molecule has 6 heteroatoms. The first-order valence-corrected chi connectivity index (χ1v) is 20.6. The fourth-order valence-electron chi connectivity index (χ4n) is 6.04. The van der Waals surface area contributed by atoms with Gasteiger partial charge in [0.15, 0.2) is 0 Å². The summed E-state index contributed by atoms with van der Waals surface area (Å²) in [6.07, 6.45) is 5.11. The second-order valence-corrected chi connectivity index (χ2v) is 20.2. The molecule has 4 nitrogen and oxygen atoms in total. The number of rotatable bonds is 6. The van der Waals surface area contributed by atoms with E-state index in [1.807, 2.05) is 54.7 Å². The van der Waals surface area contributed by atoms with Crippen molar-refractivity contribution in [3.63, 3.8) is 0 Å². The molecule has 4 aromatic heterocycles. The molecule has 0 aliphatic carbocycles. The van der Waals surface area contributed by atoms with E-state index in [2.05, 4.69) is 131 Å². The minimum Gasteiger partial charge on any atom is -0.486 e. The number of hydrogen-bond donors (Lipinski definition) is 0. The Labute approximate surface area is 311 Å². The Bertz CT molecular complexity index is 2200. The summed E-state index contributed by atoms with van der Waals surface area (Å²) < 4.78 is 6.02. The fraction of sp³-hybridized carbons (Fsp3) is 0.250. The zero-order chi connectivity index (χ0) is 34.8. The maximum atomic E-state index is 6.02. The van der Waals surface area contributed by atoms with Crippen LogP contribution in [-0.2, 0) is 31.9 Å². The molecule has 4 heterocycles. The Kier molecular flexibility index (Phi) is 11.4. The minimum absolute atomic E-state index is 0. The van der Waals surface area contributed by atoms with Crippen molar-refractivity contribution >= 4 is 35.3 Å². The summed E-state index contributed by atoms with van der Waals surface area (Å²) in [5.74, 6) is 0.667. The van der Waals surface area contributed by atoms with Crippen LogP contribution >= 0.6 is 0 Å². The van der Waals surface area contributed by atoms with Crippen LogP contribution in [0.15, 0.2) is 114 Å². The molecule has 1 radical (unpaired) electrons. The molecule has 0 saturated heterocycles. The van der Waals surface area contributed by atoms with E-state index in [0.717, 1.165) is 56.5 Å². The van der Waals surface area contributed by atoms with Crippen LogP contribution in [0.4, 0.5) is 0 Å². The fourth-order valence-corrected chi connectivity index (χ4v) is 7.63. The average molecular weight is 852 g/mol. The molecular formula is C44H45IrN3OSi-2. The Balaban J connectivity index is 0.000000204. The SMILES string of the molecule is CC(C)(C)c1ccnc(-c2[c-]cc3oc4nc(-c5ccccc5)ccc4c3c2)c1.CC(C)Cc1cc(-c2[c-]cccc2)ncc1[Si](C)(C)C.[Ir]. The third-order valence-corrected chi connectivity index (χ3v) is 10.7. The van der Waals surface area contributed by atoms with Gasteiger partial charge in [-0.15, -0.1) is 59.7 Å². The minimum atomic E-state index is -1.34. The van der Waals surface area contributed by atoms with Crippen LogP contribution < -0.4 is 5.19 Å². The van der Waals surface area contributed by atoms with Gasteiger partial charge in [0.25, 0.3) is 0 Å². The van der Waals surface area contributed by atoms with Crippen molar-refractivity contribution in [3.8, 4) is 33.8 Å². The van der Waals surface area contributed by atoms with Crippen LogP contribution in [-0.4, -0.2) is 23.0 Å². The Morgan fingerprint density at radius 2 is 1.50 bits per heavy atom. The number of pyridine rings is 3. The number of furan rings is 1. The molecule has 0 unspecified atom stereocenters. The van der Waals surface area contributed by atoms with Gasteiger partial charge in [-0.3, -0.25) is 0 Å². The molecule has 0 aliphatic rings. The first-order chi connectivity index (χ1) is 23.4. The van der Waals surface area contributed by atoms with Crippen LogP contribution in [0.25, 0.3) is 55.8 Å². The van der Waals surface area contributed by atoms with E-state index in [9.17, 15) is 0 Å². The number of fused-ring (bicyclic) bond motifs is 3. The van der Waals surface area contributed by atoms with Crippen molar-refractivity contribution in [3.05, 3.63) is 133 Å². The summed E-state index contributed by atoms with van der Waals surface area (Å²) in [5.41, 5.74) is 10.2. The van der Waals surface area contributed by atoms with E-state index in [0.29, 0.717) is 11.6 Å². The van der Waals surface area contributed by atoms with E-state index in [-0.39, 0.29) is 25.5 Å². The molecule has 0 aliphatic heterocycles. The largest absolute Gasteiger partial charge is 0.486 e. The smallest absolute Gasteiger partial charge is 0.216 e. The summed E-state index contributed by atoms with van der Waals surface area (Å²) in [7, 11) is -1.34. The number of aromatic nitrogens is 3. The molecule has 257 valence electrons. The van der Waals surface area contributed by atoms with Gasteiger partial charge in [-0.05, 0) is 58.1 Å². The zero-order valence-electron chi connectivity index (χ0n) is 30.3. The van der Waals surface area contributed by atoms with E-state index in [1.54, 1.807) is 0 Å². The summed E-state index contributed by atoms with van der Waals surface area (Å²) in [6, 6.07) is 39.4. The van der Waals surface area contributed by atoms with Gasteiger partial charge in [-0.2, -0.15) is 0 Å². The van der Waals surface area contributed by atoms with Crippen molar-refractivity contribution in [1.29, 1.82) is 0 Å². The van der Waals surface area contributed by atoms with Crippen LogP contribution in [0.3, 0.4) is 0 Å². The Hall–Kier alpha value is -4.22. The molecule has 0 spiro atoms. The predicted molar refractivity (Wildman–Crippen MR) is 208 cm³/mol. The monoisotopic (exact) mass is 852 g/mol.